The lowest BCUT2D eigenvalue weighted by atomic mass is 10.4. The van der Waals surface area contributed by atoms with Crippen LogP contribution in [0.1, 0.15) is 29.4 Å². The highest BCUT2D eigenvalue weighted by Gasteiger charge is 2.31. The van der Waals surface area contributed by atoms with E-state index >= 15 is 0 Å². The fourth-order valence-corrected chi connectivity index (χ4v) is 2.49. The SMILES string of the molecule is CCN(C(=O)COc1ccsc1C(=O)O)C1CC1. The minimum atomic E-state index is -1.03. The molecule has 1 heterocycles. The molecular weight excluding hydrogens is 254 g/mol. The number of carboxylic acid groups (broad SMARTS) is 1. The number of likely N-dealkylation sites (N-methyl/N-ethyl adjacent to an activating group) is 1. The molecule has 1 amide bonds. The summed E-state index contributed by atoms with van der Waals surface area (Å²) in [5.41, 5.74) is 0. The first-order valence-electron chi connectivity index (χ1n) is 5.86. The van der Waals surface area contributed by atoms with E-state index in [-0.39, 0.29) is 23.1 Å². The number of nitrogens with zero attached hydrogens (tertiary/aromatic N) is 1. The predicted octanol–water partition coefficient (Wildman–Crippen LogP) is 1.84. The molecule has 98 valence electrons. The summed E-state index contributed by atoms with van der Waals surface area (Å²) in [6.45, 7) is 2.51. The number of amides is 1. The van der Waals surface area contributed by atoms with Crippen molar-refractivity contribution in [2.45, 2.75) is 25.8 Å². The van der Waals surface area contributed by atoms with Crippen LogP contribution in [0.25, 0.3) is 0 Å². The minimum Gasteiger partial charge on any atom is -0.482 e. The molecule has 6 heteroatoms. The highest BCUT2D eigenvalue weighted by molar-refractivity contribution is 7.12. The number of ether oxygens (including phenoxy) is 1. The summed E-state index contributed by atoms with van der Waals surface area (Å²) in [6.07, 6.45) is 2.11. The van der Waals surface area contributed by atoms with Crippen molar-refractivity contribution in [2.75, 3.05) is 13.2 Å². The van der Waals surface area contributed by atoms with Crippen LogP contribution in [0.4, 0.5) is 0 Å². The van der Waals surface area contributed by atoms with Crippen LogP contribution >= 0.6 is 11.3 Å². The molecule has 1 N–H and O–H groups in total. The number of aromatic carboxylic acids is 1. The van der Waals surface area contributed by atoms with Gasteiger partial charge in [0.15, 0.2) is 11.5 Å². The Bertz CT molecular complexity index is 453. The molecule has 0 bridgehead atoms. The summed E-state index contributed by atoms with van der Waals surface area (Å²) in [4.78, 5) is 24.7. The van der Waals surface area contributed by atoms with Crippen LogP contribution in [0.15, 0.2) is 11.4 Å². The van der Waals surface area contributed by atoms with Crippen molar-refractivity contribution in [3.05, 3.63) is 16.3 Å². The van der Waals surface area contributed by atoms with Gasteiger partial charge in [-0.05, 0) is 31.2 Å². The Morgan fingerprint density at radius 1 is 1.56 bits per heavy atom. The summed E-state index contributed by atoms with van der Waals surface area (Å²) in [6, 6.07) is 1.93. The first-order chi connectivity index (χ1) is 8.63. The van der Waals surface area contributed by atoms with Gasteiger partial charge in [0.05, 0.1) is 0 Å². The number of carbonyl (C=O) groups is 2. The molecule has 5 nitrogen and oxygen atoms in total. The molecular formula is C12H15NO4S. The van der Waals surface area contributed by atoms with Crippen LogP contribution in [0.5, 0.6) is 5.75 Å². The number of carbonyl (C=O) groups excluding carboxylic acids is 1. The van der Waals surface area contributed by atoms with E-state index in [1.807, 2.05) is 6.92 Å². The monoisotopic (exact) mass is 269 g/mol. The average Bonchev–Trinajstić information content (AvgIpc) is 3.05. The second-order valence-corrected chi connectivity index (χ2v) is 5.03. The Balaban J connectivity index is 1.92. The normalized spacial score (nSPS) is 14.3. The third kappa shape index (κ3) is 2.81. The molecule has 0 atom stereocenters. The Morgan fingerprint density at radius 3 is 2.83 bits per heavy atom. The molecule has 1 aromatic heterocycles. The van der Waals surface area contributed by atoms with Crippen LogP contribution in [-0.2, 0) is 4.79 Å². The van der Waals surface area contributed by atoms with Crippen molar-refractivity contribution < 1.29 is 19.4 Å². The number of carboxylic acids is 1. The van der Waals surface area contributed by atoms with Gasteiger partial charge in [-0.1, -0.05) is 0 Å². The van der Waals surface area contributed by atoms with Gasteiger partial charge < -0.3 is 14.7 Å². The fraction of sp³-hybridized carbons (Fsp3) is 0.500. The minimum absolute atomic E-state index is 0.0810. The van der Waals surface area contributed by atoms with E-state index in [1.54, 1.807) is 16.3 Å². The second-order valence-electron chi connectivity index (χ2n) is 4.12. The van der Waals surface area contributed by atoms with E-state index in [1.165, 1.54) is 0 Å². The van der Waals surface area contributed by atoms with Gasteiger partial charge in [-0.2, -0.15) is 0 Å². The van der Waals surface area contributed by atoms with Crippen molar-refractivity contribution in [2.24, 2.45) is 0 Å². The molecule has 0 spiro atoms. The molecule has 18 heavy (non-hydrogen) atoms. The topological polar surface area (TPSA) is 66.8 Å². The lowest BCUT2D eigenvalue weighted by molar-refractivity contribution is -0.133. The maximum Gasteiger partial charge on any atom is 0.349 e. The van der Waals surface area contributed by atoms with Gasteiger partial charge in [-0.15, -0.1) is 11.3 Å². The van der Waals surface area contributed by atoms with Gasteiger partial charge in [-0.25, -0.2) is 4.79 Å². The third-order valence-electron chi connectivity index (χ3n) is 2.82. The molecule has 0 unspecified atom stereocenters. The number of hydrogen-bond acceptors (Lipinski definition) is 4. The quantitative estimate of drug-likeness (QED) is 0.855. The molecule has 0 radical (unpaired) electrons. The molecule has 0 aliphatic heterocycles. The van der Waals surface area contributed by atoms with Crippen molar-refractivity contribution >= 4 is 23.2 Å². The van der Waals surface area contributed by atoms with Gasteiger partial charge in [0, 0.05) is 12.6 Å². The van der Waals surface area contributed by atoms with Crippen LogP contribution in [-0.4, -0.2) is 41.1 Å². The van der Waals surface area contributed by atoms with Gasteiger partial charge in [0.2, 0.25) is 0 Å². The summed E-state index contributed by atoms with van der Waals surface area (Å²) in [7, 11) is 0. The Morgan fingerprint density at radius 2 is 2.28 bits per heavy atom. The summed E-state index contributed by atoms with van der Waals surface area (Å²) >= 11 is 1.09. The van der Waals surface area contributed by atoms with E-state index in [4.69, 9.17) is 9.84 Å². The van der Waals surface area contributed by atoms with Crippen molar-refractivity contribution in [1.82, 2.24) is 4.90 Å². The van der Waals surface area contributed by atoms with Crippen molar-refractivity contribution in [3.63, 3.8) is 0 Å². The first kappa shape index (κ1) is 12.9. The summed E-state index contributed by atoms with van der Waals surface area (Å²) < 4.78 is 5.30. The van der Waals surface area contributed by atoms with Gasteiger partial charge in [0.25, 0.3) is 5.91 Å². The average molecular weight is 269 g/mol. The van der Waals surface area contributed by atoms with E-state index in [2.05, 4.69) is 0 Å². The van der Waals surface area contributed by atoms with Crippen molar-refractivity contribution in [3.8, 4) is 5.75 Å². The van der Waals surface area contributed by atoms with E-state index < -0.39 is 5.97 Å². The van der Waals surface area contributed by atoms with Crippen molar-refractivity contribution in [1.29, 1.82) is 0 Å². The second kappa shape index (κ2) is 5.39. The molecule has 1 saturated carbocycles. The van der Waals surface area contributed by atoms with E-state index in [0.717, 1.165) is 24.2 Å². The maximum atomic E-state index is 11.9. The van der Waals surface area contributed by atoms with E-state index in [0.29, 0.717) is 12.6 Å². The number of thiophene rings is 1. The Hall–Kier alpha value is -1.56. The molecule has 1 aliphatic carbocycles. The zero-order valence-corrected chi connectivity index (χ0v) is 10.9. The zero-order chi connectivity index (χ0) is 13.1. The Kier molecular flexibility index (Phi) is 3.86. The van der Waals surface area contributed by atoms with Crippen LogP contribution < -0.4 is 4.74 Å². The number of rotatable bonds is 6. The van der Waals surface area contributed by atoms with E-state index in [9.17, 15) is 9.59 Å². The van der Waals surface area contributed by atoms with Gasteiger partial charge >= 0.3 is 5.97 Å². The lowest BCUT2D eigenvalue weighted by Crippen LogP contribution is -2.36. The highest BCUT2D eigenvalue weighted by Crippen LogP contribution is 2.27. The molecule has 2 rings (SSSR count). The zero-order valence-electron chi connectivity index (χ0n) is 10.1. The van der Waals surface area contributed by atoms with Crippen LogP contribution in [0, 0.1) is 0 Å². The molecule has 0 aromatic carbocycles. The third-order valence-corrected chi connectivity index (χ3v) is 3.71. The Labute approximate surface area is 109 Å². The summed E-state index contributed by atoms with van der Waals surface area (Å²) in [5, 5.41) is 10.5. The smallest absolute Gasteiger partial charge is 0.349 e. The lowest BCUT2D eigenvalue weighted by Gasteiger charge is -2.20. The van der Waals surface area contributed by atoms with Gasteiger partial charge in [-0.3, -0.25) is 4.79 Å². The molecule has 1 aromatic rings. The standard InChI is InChI=1S/C12H15NO4S/c1-2-13(8-3-4-8)10(14)7-17-9-5-6-18-11(9)12(15)16/h5-6,8H,2-4,7H2,1H3,(H,15,16). The van der Waals surface area contributed by atoms with Crippen LogP contribution in [0.3, 0.4) is 0 Å². The molecule has 0 saturated heterocycles. The van der Waals surface area contributed by atoms with Crippen LogP contribution in [0.2, 0.25) is 0 Å². The maximum absolute atomic E-state index is 11.9. The largest absolute Gasteiger partial charge is 0.482 e. The predicted molar refractivity (Wildman–Crippen MR) is 67.2 cm³/mol. The molecule has 1 aliphatic rings. The fourth-order valence-electron chi connectivity index (χ4n) is 1.81. The number of hydrogen-bond donors (Lipinski definition) is 1. The molecule has 1 fully saturated rings. The first-order valence-corrected chi connectivity index (χ1v) is 6.74. The summed E-state index contributed by atoms with van der Waals surface area (Å²) in [5.74, 6) is -0.836. The highest BCUT2D eigenvalue weighted by atomic mass is 32.1. The van der Waals surface area contributed by atoms with Gasteiger partial charge in [0.1, 0.15) is 5.75 Å².